The molecule has 0 saturated carbocycles. The zero-order valence-corrected chi connectivity index (χ0v) is 9.99. The predicted octanol–water partition coefficient (Wildman–Crippen LogP) is 1.90. The molecule has 0 radical (unpaired) electrons. The Bertz CT molecular complexity index is 303. The Balaban J connectivity index is 2.24. The van der Waals surface area contributed by atoms with Gasteiger partial charge in [-0.2, -0.15) is 0 Å². The Hall–Kier alpha value is -0.851. The molecule has 0 unspecified atom stereocenters. The number of rotatable bonds is 5. The summed E-state index contributed by atoms with van der Waals surface area (Å²) in [7, 11) is 0. The number of carbonyl (C=O) groups is 1. The summed E-state index contributed by atoms with van der Waals surface area (Å²) in [6, 6.07) is 10.4. The Kier molecular flexibility index (Phi) is 5.28. The van der Waals surface area contributed by atoms with Gasteiger partial charge in [0.1, 0.15) is 0 Å². The van der Waals surface area contributed by atoms with E-state index in [1.807, 2.05) is 6.07 Å². The van der Waals surface area contributed by atoms with Crippen molar-refractivity contribution in [3.05, 3.63) is 41.4 Å². The summed E-state index contributed by atoms with van der Waals surface area (Å²) in [6.07, 6.45) is 3.65. The van der Waals surface area contributed by atoms with E-state index in [9.17, 15) is 4.79 Å². The van der Waals surface area contributed by atoms with Gasteiger partial charge in [-0.3, -0.25) is 0 Å². The number of benzene rings is 1. The summed E-state index contributed by atoms with van der Waals surface area (Å²) in [5.41, 5.74) is 0. The first kappa shape index (κ1) is 11.2. The number of Topliss-reactive ketones (excluding diaryl/α,β-unsaturated/α-hetero) is 1. The van der Waals surface area contributed by atoms with E-state index in [2.05, 4.69) is 35.3 Å². The van der Waals surface area contributed by atoms with Crippen molar-refractivity contribution in [2.24, 2.45) is 0 Å². The van der Waals surface area contributed by atoms with E-state index in [1.54, 1.807) is 6.92 Å². The molecule has 0 saturated heterocycles. The standard InChI is InChI=1S/C12H14OSe/c1-11(13)7-5-6-10-14-12-8-3-2-4-9-12/h2-4,6,8-10H,5,7H2,1H3/b10-6+. The van der Waals surface area contributed by atoms with Crippen LogP contribution in [0.25, 0.3) is 0 Å². The van der Waals surface area contributed by atoms with Crippen LogP contribution >= 0.6 is 0 Å². The van der Waals surface area contributed by atoms with Gasteiger partial charge in [-0.15, -0.1) is 0 Å². The SMILES string of the molecule is CC(=O)CC/C=C/[Se]c1ccccc1. The summed E-state index contributed by atoms with van der Waals surface area (Å²) in [6.45, 7) is 1.64. The van der Waals surface area contributed by atoms with Gasteiger partial charge in [-0.05, 0) is 0 Å². The van der Waals surface area contributed by atoms with Crippen LogP contribution in [-0.4, -0.2) is 20.7 Å². The minimum absolute atomic E-state index is 0.266. The molecule has 0 N–H and O–H groups in total. The summed E-state index contributed by atoms with van der Waals surface area (Å²) < 4.78 is 1.37. The van der Waals surface area contributed by atoms with E-state index in [0.717, 1.165) is 6.42 Å². The Morgan fingerprint density at radius 2 is 2.07 bits per heavy atom. The van der Waals surface area contributed by atoms with Gasteiger partial charge < -0.3 is 0 Å². The Morgan fingerprint density at radius 3 is 2.71 bits per heavy atom. The molecule has 1 rings (SSSR count). The molecule has 1 nitrogen and oxygen atoms in total. The van der Waals surface area contributed by atoms with Crippen molar-refractivity contribution >= 4 is 25.2 Å². The number of allylic oxidation sites excluding steroid dienone is 1. The Morgan fingerprint density at radius 1 is 1.36 bits per heavy atom. The molecule has 0 aliphatic carbocycles. The van der Waals surface area contributed by atoms with Crippen molar-refractivity contribution in [3.63, 3.8) is 0 Å². The van der Waals surface area contributed by atoms with Crippen LogP contribution in [0.4, 0.5) is 0 Å². The van der Waals surface area contributed by atoms with Crippen LogP contribution in [0, 0.1) is 0 Å². The predicted molar refractivity (Wildman–Crippen MR) is 60.9 cm³/mol. The van der Waals surface area contributed by atoms with Crippen molar-refractivity contribution in [1.82, 2.24) is 0 Å². The third-order valence-electron chi connectivity index (χ3n) is 1.71. The topological polar surface area (TPSA) is 17.1 Å². The monoisotopic (exact) mass is 254 g/mol. The number of carbonyl (C=O) groups excluding carboxylic acids is 1. The van der Waals surface area contributed by atoms with Crippen molar-refractivity contribution in [2.45, 2.75) is 19.8 Å². The second-order valence-corrected chi connectivity index (χ2v) is 5.10. The van der Waals surface area contributed by atoms with Gasteiger partial charge in [0.2, 0.25) is 0 Å². The summed E-state index contributed by atoms with van der Waals surface area (Å²) in [5.74, 6) is 0.266. The molecule has 0 aliphatic rings. The first-order valence-electron chi connectivity index (χ1n) is 4.65. The summed E-state index contributed by atoms with van der Waals surface area (Å²) in [5, 5.41) is 0. The number of ketones is 1. The first-order chi connectivity index (χ1) is 6.79. The zero-order chi connectivity index (χ0) is 10.2. The second-order valence-electron chi connectivity index (χ2n) is 3.04. The van der Waals surface area contributed by atoms with Crippen LogP contribution in [0.5, 0.6) is 0 Å². The van der Waals surface area contributed by atoms with E-state index in [-0.39, 0.29) is 5.78 Å². The number of hydrogen-bond donors (Lipinski definition) is 0. The molecule has 0 aliphatic heterocycles. The zero-order valence-electron chi connectivity index (χ0n) is 8.27. The van der Waals surface area contributed by atoms with E-state index in [0.29, 0.717) is 21.4 Å². The molecule has 0 bridgehead atoms. The van der Waals surface area contributed by atoms with Crippen LogP contribution in [0.2, 0.25) is 0 Å². The minimum atomic E-state index is 0.266. The quantitative estimate of drug-likeness (QED) is 0.732. The first-order valence-corrected chi connectivity index (χ1v) is 6.50. The summed E-state index contributed by atoms with van der Waals surface area (Å²) >= 11 is 0.415. The van der Waals surface area contributed by atoms with Crippen LogP contribution in [0.15, 0.2) is 41.4 Å². The fourth-order valence-electron chi connectivity index (χ4n) is 0.980. The Labute approximate surface area is 91.4 Å². The van der Waals surface area contributed by atoms with E-state index in [4.69, 9.17) is 0 Å². The average molecular weight is 253 g/mol. The molecule has 0 heterocycles. The van der Waals surface area contributed by atoms with Crippen LogP contribution in [-0.2, 0) is 4.79 Å². The maximum atomic E-state index is 10.6. The normalized spacial score (nSPS) is 10.6. The fourth-order valence-corrected chi connectivity index (χ4v) is 2.46. The molecule has 0 aromatic heterocycles. The molecule has 2 heteroatoms. The van der Waals surface area contributed by atoms with E-state index in [1.165, 1.54) is 4.46 Å². The van der Waals surface area contributed by atoms with Gasteiger partial charge in [-0.1, -0.05) is 0 Å². The van der Waals surface area contributed by atoms with Gasteiger partial charge in [0, 0.05) is 0 Å². The van der Waals surface area contributed by atoms with Crippen molar-refractivity contribution in [1.29, 1.82) is 0 Å². The van der Waals surface area contributed by atoms with Crippen molar-refractivity contribution < 1.29 is 4.79 Å². The molecule has 0 atom stereocenters. The van der Waals surface area contributed by atoms with Crippen molar-refractivity contribution in [3.8, 4) is 0 Å². The molecule has 0 fully saturated rings. The van der Waals surface area contributed by atoms with Gasteiger partial charge in [0.25, 0.3) is 0 Å². The molecule has 1 aromatic rings. The maximum absolute atomic E-state index is 10.6. The molecule has 0 amide bonds. The summed E-state index contributed by atoms with van der Waals surface area (Å²) in [4.78, 5) is 12.8. The second kappa shape index (κ2) is 6.58. The van der Waals surface area contributed by atoms with Gasteiger partial charge in [0.05, 0.1) is 0 Å². The van der Waals surface area contributed by atoms with Gasteiger partial charge >= 0.3 is 91.1 Å². The van der Waals surface area contributed by atoms with Gasteiger partial charge in [-0.25, -0.2) is 0 Å². The van der Waals surface area contributed by atoms with Crippen LogP contribution in [0.3, 0.4) is 0 Å². The third-order valence-corrected chi connectivity index (χ3v) is 3.54. The van der Waals surface area contributed by atoms with E-state index < -0.39 is 0 Å². The number of hydrogen-bond acceptors (Lipinski definition) is 1. The molecular formula is C12H14OSe. The van der Waals surface area contributed by atoms with Gasteiger partial charge in [0.15, 0.2) is 0 Å². The van der Waals surface area contributed by atoms with Crippen molar-refractivity contribution in [2.75, 3.05) is 0 Å². The molecule has 1 aromatic carbocycles. The molecular weight excluding hydrogens is 239 g/mol. The van der Waals surface area contributed by atoms with Crippen LogP contribution in [0.1, 0.15) is 19.8 Å². The molecule has 14 heavy (non-hydrogen) atoms. The molecule has 0 spiro atoms. The third kappa shape index (κ3) is 5.00. The average Bonchev–Trinajstić information content (AvgIpc) is 2.18. The fraction of sp³-hybridized carbons (Fsp3) is 0.250. The molecule has 74 valence electrons. The van der Waals surface area contributed by atoms with E-state index >= 15 is 0 Å². The van der Waals surface area contributed by atoms with Crippen LogP contribution < -0.4 is 4.46 Å².